The van der Waals surface area contributed by atoms with Gasteiger partial charge in [0.05, 0.1) is 12.2 Å². The van der Waals surface area contributed by atoms with Gasteiger partial charge in [0.25, 0.3) is 0 Å². The van der Waals surface area contributed by atoms with E-state index < -0.39 is 0 Å². The van der Waals surface area contributed by atoms with Crippen molar-refractivity contribution in [2.45, 2.75) is 6.42 Å². The second-order valence-electron chi connectivity index (χ2n) is 3.78. The average Bonchev–Trinajstić information content (AvgIpc) is 2.34. The van der Waals surface area contributed by atoms with Gasteiger partial charge in [0.15, 0.2) is 0 Å². The van der Waals surface area contributed by atoms with E-state index >= 15 is 0 Å². The highest BCUT2D eigenvalue weighted by atomic mass is 35.5. The first kappa shape index (κ1) is 20.3. The zero-order valence-corrected chi connectivity index (χ0v) is 12.4. The van der Waals surface area contributed by atoms with Crippen LogP contribution in [0.5, 0.6) is 0 Å². The standard InChI is InChI=1S/C12H18FN3O.2ClH/c1-16(8-4-7-15-12(17)9-14)11-6-3-2-5-10(11)13;;/h2-3,5-6H,4,7-9,14H2,1H3,(H,15,17);2*1H. The van der Waals surface area contributed by atoms with Crippen LogP contribution in [0.3, 0.4) is 0 Å². The van der Waals surface area contributed by atoms with E-state index in [0.717, 1.165) is 6.42 Å². The molecule has 0 unspecified atom stereocenters. The largest absolute Gasteiger partial charge is 0.372 e. The summed E-state index contributed by atoms with van der Waals surface area (Å²) in [7, 11) is 1.82. The molecule has 0 aliphatic rings. The number of hydrogen-bond acceptors (Lipinski definition) is 3. The van der Waals surface area contributed by atoms with E-state index in [2.05, 4.69) is 5.32 Å². The Bertz CT molecular complexity index is 380. The maximum absolute atomic E-state index is 13.4. The predicted octanol–water partition coefficient (Wildman–Crippen LogP) is 1.57. The number of halogens is 3. The van der Waals surface area contributed by atoms with Crippen molar-refractivity contribution in [3.05, 3.63) is 30.1 Å². The summed E-state index contributed by atoms with van der Waals surface area (Å²) < 4.78 is 13.4. The Balaban J connectivity index is 0. The molecule has 0 saturated heterocycles. The van der Waals surface area contributed by atoms with E-state index in [1.165, 1.54) is 6.07 Å². The summed E-state index contributed by atoms with van der Waals surface area (Å²) in [4.78, 5) is 12.7. The molecule has 0 saturated carbocycles. The molecule has 4 nitrogen and oxygen atoms in total. The molecule has 0 bridgehead atoms. The number of anilines is 1. The van der Waals surface area contributed by atoms with Crippen LogP contribution in [-0.4, -0.2) is 32.6 Å². The van der Waals surface area contributed by atoms with Crippen molar-refractivity contribution in [3.63, 3.8) is 0 Å². The van der Waals surface area contributed by atoms with Crippen molar-refractivity contribution in [2.24, 2.45) is 5.73 Å². The Kier molecular flexibility index (Phi) is 11.6. The third kappa shape index (κ3) is 7.20. The van der Waals surface area contributed by atoms with Crippen LogP contribution in [0.1, 0.15) is 6.42 Å². The van der Waals surface area contributed by atoms with Crippen molar-refractivity contribution in [1.29, 1.82) is 0 Å². The van der Waals surface area contributed by atoms with Crippen LogP contribution >= 0.6 is 24.8 Å². The molecule has 0 aliphatic carbocycles. The van der Waals surface area contributed by atoms with E-state index in [4.69, 9.17) is 5.73 Å². The number of nitrogens with one attached hydrogen (secondary N) is 1. The molecule has 0 spiro atoms. The van der Waals surface area contributed by atoms with Gasteiger partial charge in [0.2, 0.25) is 5.91 Å². The molecule has 1 amide bonds. The fraction of sp³-hybridized carbons (Fsp3) is 0.417. The molecule has 0 radical (unpaired) electrons. The lowest BCUT2D eigenvalue weighted by Crippen LogP contribution is -2.32. The molecule has 110 valence electrons. The van der Waals surface area contributed by atoms with E-state index in [-0.39, 0.29) is 43.1 Å². The fourth-order valence-electron chi connectivity index (χ4n) is 1.50. The van der Waals surface area contributed by atoms with Crippen LogP contribution in [-0.2, 0) is 4.79 Å². The molecular weight excluding hydrogens is 292 g/mol. The summed E-state index contributed by atoms with van der Waals surface area (Å²) in [5, 5.41) is 2.67. The molecular formula is C12H20Cl2FN3O. The molecule has 0 atom stereocenters. The molecule has 19 heavy (non-hydrogen) atoms. The number of amides is 1. The molecule has 0 aromatic heterocycles. The van der Waals surface area contributed by atoms with Gasteiger partial charge < -0.3 is 16.0 Å². The molecule has 1 aromatic carbocycles. The summed E-state index contributed by atoms with van der Waals surface area (Å²) in [6.45, 7) is 1.23. The highest BCUT2D eigenvalue weighted by molar-refractivity contribution is 5.85. The number of para-hydroxylation sites is 1. The number of nitrogens with two attached hydrogens (primary N) is 1. The molecule has 1 rings (SSSR count). The molecule has 3 N–H and O–H groups in total. The Morgan fingerprint density at radius 2 is 2.00 bits per heavy atom. The van der Waals surface area contributed by atoms with Gasteiger partial charge in [0.1, 0.15) is 5.82 Å². The normalized spacial score (nSPS) is 9.00. The predicted molar refractivity (Wildman–Crippen MR) is 80.8 cm³/mol. The zero-order chi connectivity index (χ0) is 12.7. The number of carbonyl (C=O) groups is 1. The van der Waals surface area contributed by atoms with Crippen molar-refractivity contribution in [2.75, 3.05) is 31.6 Å². The van der Waals surface area contributed by atoms with Crippen molar-refractivity contribution in [3.8, 4) is 0 Å². The van der Waals surface area contributed by atoms with Crippen LogP contribution in [0.2, 0.25) is 0 Å². The minimum absolute atomic E-state index is 0. The Labute approximate surface area is 125 Å². The van der Waals surface area contributed by atoms with Crippen LogP contribution in [0.15, 0.2) is 24.3 Å². The first-order chi connectivity index (χ1) is 8.15. The van der Waals surface area contributed by atoms with Crippen LogP contribution < -0.4 is 16.0 Å². The van der Waals surface area contributed by atoms with Gasteiger partial charge in [-0.05, 0) is 18.6 Å². The smallest absolute Gasteiger partial charge is 0.233 e. The van der Waals surface area contributed by atoms with Crippen molar-refractivity contribution < 1.29 is 9.18 Å². The quantitative estimate of drug-likeness (QED) is 0.784. The SMILES string of the molecule is CN(CCCNC(=O)CN)c1ccccc1F.Cl.Cl. The molecule has 1 aromatic rings. The summed E-state index contributed by atoms with van der Waals surface area (Å²) in [5.41, 5.74) is 5.72. The van der Waals surface area contributed by atoms with Gasteiger partial charge >= 0.3 is 0 Å². The van der Waals surface area contributed by atoms with Crippen molar-refractivity contribution in [1.82, 2.24) is 5.32 Å². The second kappa shape index (κ2) is 10.8. The van der Waals surface area contributed by atoms with Gasteiger partial charge in [-0.1, -0.05) is 12.1 Å². The Morgan fingerprint density at radius 1 is 1.37 bits per heavy atom. The lowest BCUT2D eigenvalue weighted by atomic mass is 10.2. The number of carbonyl (C=O) groups excluding carboxylic acids is 1. The maximum atomic E-state index is 13.4. The van der Waals surface area contributed by atoms with Gasteiger partial charge in [-0.3, -0.25) is 4.79 Å². The van der Waals surface area contributed by atoms with Crippen molar-refractivity contribution >= 4 is 36.4 Å². The summed E-state index contributed by atoms with van der Waals surface area (Å²) >= 11 is 0. The highest BCUT2D eigenvalue weighted by Gasteiger charge is 2.05. The molecule has 0 heterocycles. The minimum Gasteiger partial charge on any atom is -0.372 e. The lowest BCUT2D eigenvalue weighted by molar-refractivity contribution is -0.119. The molecule has 7 heteroatoms. The molecule has 0 fully saturated rings. The maximum Gasteiger partial charge on any atom is 0.233 e. The average molecular weight is 312 g/mol. The summed E-state index contributed by atoms with van der Waals surface area (Å²) in [5.74, 6) is -0.403. The second-order valence-corrected chi connectivity index (χ2v) is 3.78. The van der Waals surface area contributed by atoms with E-state index in [1.54, 1.807) is 18.2 Å². The number of nitrogens with zero attached hydrogens (tertiary/aromatic N) is 1. The van der Waals surface area contributed by atoms with Crippen LogP contribution in [0.4, 0.5) is 10.1 Å². The fourth-order valence-corrected chi connectivity index (χ4v) is 1.50. The Hall–Kier alpha value is -1.04. The van der Waals surface area contributed by atoms with E-state index in [9.17, 15) is 9.18 Å². The lowest BCUT2D eigenvalue weighted by Gasteiger charge is -2.19. The molecule has 0 aliphatic heterocycles. The number of rotatable bonds is 6. The third-order valence-electron chi connectivity index (χ3n) is 2.44. The monoisotopic (exact) mass is 311 g/mol. The van der Waals surface area contributed by atoms with Gasteiger partial charge in [-0.25, -0.2) is 4.39 Å². The number of hydrogen-bond donors (Lipinski definition) is 2. The van der Waals surface area contributed by atoms with Crippen LogP contribution in [0.25, 0.3) is 0 Å². The van der Waals surface area contributed by atoms with Gasteiger partial charge in [-0.15, -0.1) is 24.8 Å². The summed E-state index contributed by atoms with van der Waals surface area (Å²) in [6.07, 6.45) is 0.747. The zero-order valence-electron chi connectivity index (χ0n) is 10.8. The minimum atomic E-state index is -0.235. The first-order valence-corrected chi connectivity index (χ1v) is 5.57. The topological polar surface area (TPSA) is 58.4 Å². The third-order valence-corrected chi connectivity index (χ3v) is 2.44. The van der Waals surface area contributed by atoms with E-state index in [0.29, 0.717) is 18.8 Å². The highest BCUT2D eigenvalue weighted by Crippen LogP contribution is 2.16. The summed E-state index contributed by atoms with van der Waals surface area (Å²) in [6, 6.07) is 6.62. The number of benzene rings is 1. The van der Waals surface area contributed by atoms with Crippen LogP contribution in [0, 0.1) is 5.82 Å². The first-order valence-electron chi connectivity index (χ1n) is 5.57. The van der Waals surface area contributed by atoms with Gasteiger partial charge in [0, 0.05) is 20.1 Å². The van der Waals surface area contributed by atoms with E-state index in [1.807, 2.05) is 11.9 Å². The van der Waals surface area contributed by atoms with Gasteiger partial charge in [-0.2, -0.15) is 0 Å². The Morgan fingerprint density at radius 3 is 2.58 bits per heavy atom.